The first-order chi connectivity index (χ1) is 9.20. The van der Waals surface area contributed by atoms with Gasteiger partial charge in [0.25, 0.3) is 0 Å². The van der Waals surface area contributed by atoms with Gasteiger partial charge in [-0.2, -0.15) is 5.21 Å². The molecule has 96 valence electrons. The van der Waals surface area contributed by atoms with E-state index in [0.29, 0.717) is 27.4 Å². The molecule has 0 fully saturated rings. The fraction of sp³-hybridized carbons (Fsp3) is 0.0909. The van der Waals surface area contributed by atoms with E-state index in [9.17, 15) is 4.79 Å². The fourth-order valence-corrected chi connectivity index (χ4v) is 2.12. The van der Waals surface area contributed by atoms with Crippen LogP contribution in [0.25, 0.3) is 22.3 Å². The summed E-state index contributed by atoms with van der Waals surface area (Å²) in [6, 6.07) is 3.43. The van der Waals surface area contributed by atoms with Crippen molar-refractivity contribution < 1.29 is 9.53 Å². The first-order valence-corrected chi connectivity index (χ1v) is 5.71. The molecular weight excluding hydrogens is 270 g/mol. The number of rotatable bonds is 2. The van der Waals surface area contributed by atoms with Crippen molar-refractivity contribution in [2.45, 2.75) is 0 Å². The molecule has 0 aliphatic carbocycles. The van der Waals surface area contributed by atoms with Gasteiger partial charge in [-0.15, -0.1) is 10.2 Å². The van der Waals surface area contributed by atoms with Crippen molar-refractivity contribution in [1.82, 2.24) is 25.6 Å². The molecule has 0 amide bonds. The Morgan fingerprint density at radius 2 is 2.26 bits per heavy atom. The Kier molecular flexibility index (Phi) is 2.68. The summed E-state index contributed by atoms with van der Waals surface area (Å²) in [6.07, 6.45) is 1.58. The topological polar surface area (TPSA) is 96.5 Å². The smallest absolute Gasteiger partial charge is 0.340 e. The molecule has 0 saturated carbocycles. The third kappa shape index (κ3) is 1.84. The van der Waals surface area contributed by atoms with Gasteiger partial charge < -0.3 is 9.72 Å². The van der Waals surface area contributed by atoms with E-state index in [1.165, 1.54) is 7.11 Å². The normalized spacial score (nSPS) is 10.8. The summed E-state index contributed by atoms with van der Waals surface area (Å²) in [6.45, 7) is 0. The van der Waals surface area contributed by atoms with E-state index in [0.717, 1.165) is 5.52 Å². The molecular formula is C11H8ClN5O2. The minimum Gasteiger partial charge on any atom is -0.465 e. The summed E-state index contributed by atoms with van der Waals surface area (Å²) in [5.41, 5.74) is 1.75. The van der Waals surface area contributed by atoms with Gasteiger partial charge in [-0.3, -0.25) is 0 Å². The number of benzene rings is 1. The highest BCUT2D eigenvalue weighted by Gasteiger charge is 2.16. The van der Waals surface area contributed by atoms with Crippen LogP contribution in [0.2, 0.25) is 5.02 Å². The molecule has 0 aliphatic rings. The van der Waals surface area contributed by atoms with Crippen molar-refractivity contribution in [3.8, 4) is 11.4 Å². The van der Waals surface area contributed by atoms with E-state index < -0.39 is 5.97 Å². The Morgan fingerprint density at radius 3 is 2.95 bits per heavy atom. The lowest BCUT2D eigenvalue weighted by atomic mass is 10.1. The van der Waals surface area contributed by atoms with Gasteiger partial charge in [0.2, 0.25) is 5.82 Å². The van der Waals surface area contributed by atoms with Crippen LogP contribution in [0.4, 0.5) is 0 Å². The molecule has 2 aromatic heterocycles. The van der Waals surface area contributed by atoms with Gasteiger partial charge in [0.1, 0.15) is 0 Å². The third-order valence-corrected chi connectivity index (χ3v) is 3.07. The first kappa shape index (κ1) is 11.7. The van der Waals surface area contributed by atoms with Crippen molar-refractivity contribution in [1.29, 1.82) is 0 Å². The van der Waals surface area contributed by atoms with Crippen LogP contribution in [0.15, 0.2) is 18.3 Å². The van der Waals surface area contributed by atoms with Crippen LogP contribution in [-0.2, 0) is 4.74 Å². The highest BCUT2D eigenvalue weighted by molar-refractivity contribution is 6.34. The van der Waals surface area contributed by atoms with Gasteiger partial charge in [0.15, 0.2) is 0 Å². The highest BCUT2D eigenvalue weighted by Crippen LogP contribution is 2.31. The maximum Gasteiger partial charge on any atom is 0.340 e. The number of hydrogen-bond acceptors (Lipinski definition) is 5. The quantitative estimate of drug-likeness (QED) is 0.696. The maximum atomic E-state index is 11.6. The molecule has 3 rings (SSSR count). The molecule has 2 N–H and O–H groups in total. The Morgan fingerprint density at radius 1 is 1.42 bits per heavy atom. The number of halogens is 1. The lowest BCUT2D eigenvalue weighted by Crippen LogP contribution is -1.99. The molecule has 8 heteroatoms. The van der Waals surface area contributed by atoms with Crippen LogP contribution >= 0.6 is 11.6 Å². The number of carbonyl (C=O) groups excluding carboxylic acids is 1. The average molecular weight is 278 g/mol. The summed E-state index contributed by atoms with van der Waals surface area (Å²) in [4.78, 5) is 14.6. The van der Waals surface area contributed by atoms with Crippen LogP contribution in [0.3, 0.4) is 0 Å². The highest BCUT2D eigenvalue weighted by atomic mass is 35.5. The van der Waals surface area contributed by atoms with Crippen LogP contribution in [0, 0.1) is 0 Å². The fourth-order valence-electron chi connectivity index (χ4n) is 1.87. The summed E-state index contributed by atoms with van der Waals surface area (Å²) in [7, 11) is 1.33. The van der Waals surface area contributed by atoms with Gasteiger partial charge in [-0.25, -0.2) is 4.79 Å². The number of carbonyl (C=O) groups is 1. The number of aromatic amines is 2. The van der Waals surface area contributed by atoms with Gasteiger partial charge in [-0.1, -0.05) is 11.6 Å². The minimum absolute atomic E-state index is 0.365. The second-order valence-electron chi connectivity index (χ2n) is 3.81. The summed E-state index contributed by atoms with van der Waals surface area (Å²) in [5, 5.41) is 14.8. The van der Waals surface area contributed by atoms with Crippen molar-refractivity contribution in [2.24, 2.45) is 0 Å². The number of hydrogen-bond donors (Lipinski definition) is 2. The number of ether oxygens (including phenoxy) is 1. The molecule has 0 aliphatic heterocycles. The lowest BCUT2D eigenvalue weighted by molar-refractivity contribution is 0.0603. The SMILES string of the molecule is COC(=O)c1c[nH]c2cc(Cl)c(-c3nn[nH]n3)cc12. The van der Waals surface area contributed by atoms with Crippen molar-refractivity contribution >= 4 is 28.5 Å². The van der Waals surface area contributed by atoms with E-state index in [1.54, 1.807) is 18.3 Å². The van der Waals surface area contributed by atoms with Gasteiger partial charge >= 0.3 is 5.97 Å². The molecule has 0 unspecified atom stereocenters. The second kappa shape index (κ2) is 4.36. The number of H-pyrrole nitrogens is 2. The summed E-state index contributed by atoms with van der Waals surface area (Å²) in [5.74, 6) is -0.0587. The molecule has 0 spiro atoms. The van der Waals surface area contributed by atoms with Gasteiger partial charge in [0, 0.05) is 22.7 Å². The van der Waals surface area contributed by atoms with Crippen LogP contribution in [0.5, 0.6) is 0 Å². The number of tetrazole rings is 1. The minimum atomic E-state index is -0.423. The first-order valence-electron chi connectivity index (χ1n) is 5.33. The molecule has 0 radical (unpaired) electrons. The Labute approximate surface area is 111 Å². The number of methoxy groups -OCH3 is 1. The maximum absolute atomic E-state index is 11.6. The number of nitrogens with one attached hydrogen (secondary N) is 2. The van der Waals surface area contributed by atoms with E-state index >= 15 is 0 Å². The monoisotopic (exact) mass is 277 g/mol. The van der Waals surface area contributed by atoms with Crippen LogP contribution in [-0.4, -0.2) is 38.7 Å². The third-order valence-electron chi connectivity index (χ3n) is 2.76. The predicted molar refractivity (Wildman–Crippen MR) is 67.8 cm³/mol. The second-order valence-corrected chi connectivity index (χ2v) is 4.21. The molecule has 7 nitrogen and oxygen atoms in total. The predicted octanol–water partition coefficient (Wildman–Crippen LogP) is 1.79. The van der Waals surface area contributed by atoms with E-state index in [2.05, 4.69) is 25.6 Å². The molecule has 0 bridgehead atoms. The Hall–Kier alpha value is -2.41. The van der Waals surface area contributed by atoms with Crippen LogP contribution in [0.1, 0.15) is 10.4 Å². The van der Waals surface area contributed by atoms with Crippen molar-refractivity contribution in [3.05, 3.63) is 28.9 Å². The molecule has 3 aromatic rings. The van der Waals surface area contributed by atoms with Gasteiger partial charge in [0.05, 0.1) is 17.7 Å². The molecule has 0 saturated heterocycles. The zero-order chi connectivity index (χ0) is 13.4. The lowest BCUT2D eigenvalue weighted by Gasteiger charge is -2.01. The molecule has 19 heavy (non-hydrogen) atoms. The van der Waals surface area contributed by atoms with Crippen molar-refractivity contribution in [3.63, 3.8) is 0 Å². The number of nitrogens with zero attached hydrogens (tertiary/aromatic N) is 3. The van der Waals surface area contributed by atoms with E-state index in [1.807, 2.05) is 0 Å². The number of fused-ring (bicyclic) bond motifs is 1. The standard InChI is InChI=1S/C11H8ClN5O2/c1-19-11(18)7-4-13-9-3-8(12)6(2-5(7)9)10-14-16-17-15-10/h2-4,13H,1H3,(H,14,15,16,17). The Balaban J connectivity index is 2.25. The Bertz CT molecular complexity index is 750. The number of aromatic nitrogens is 5. The number of esters is 1. The van der Waals surface area contributed by atoms with E-state index in [4.69, 9.17) is 16.3 Å². The van der Waals surface area contributed by atoms with Gasteiger partial charge in [-0.05, 0) is 17.3 Å². The zero-order valence-corrected chi connectivity index (χ0v) is 10.5. The zero-order valence-electron chi connectivity index (χ0n) is 9.77. The van der Waals surface area contributed by atoms with Crippen LogP contribution < -0.4 is 0 Å². The molecule has 2 heterocycles. The molecule has 0 atom stereocenters. The van der Waals surface area contributed by atoms with Crippen molar-refractivity contribution in [2.75, 3.05) is 7.11 Å². The summed E-state index contributed by atoms with van der Waals surface area (Å²) >= 11 is 6.16. The van der Waals surface area contributed by atoms with E-state index in [-0.39, 0.29) is 0 Å². The largest absolute Gasteiger partial charge is 0.465 e. The summed E-state index contributed by atoms with van der Waals surface area (Å²) < 4.78 is 4.72. The molecule has 1 aromatic carbocycles. The average Bonchev–Trinajstić information content (AvgIpc) is 3.05.